The lowest BCUT2D eigenvalue weighted by atomic mass is 10.1. The van der Waals surface area contributed by atoms with Gasteiger partial charge in [-0.15, -0.1) is 0 Å². The number of halogens is 3. The number of hydrogen-bond donors (Lipinski definition) is 1. The van der Waals surface area contributed by atoms with Crippen LogP contribution in [0.15, 0.2) is 36.4 Å². The Morgan fingerprint density at radius 3 is 2.29 bits per heavy atom. The maximum atomic E-state index is 13.2. The van der Waals surface area contributed by atoms with Gasteiger partial charge in [-0.1, -0.05) is 47.8 Å². The van der Waals surface area contributed by atoms with Crippen LogP contribution in [0.2, 0.25) is 15.1 Å². The minimum atomic E-state index is -0.653. The molecule has 1 unspecified atom stereocenters. The second-order valence-electron chi connectivity index (χ2n) is 7.56. The fraction of sp³-hybridized carbons (Fsp3) is 0.391. The largest absolute Gasteiger partial charge is 0.484 e. The van der Waals surface area contributed by atoms with Crippen molar-refractivity contribution < 1.29 is 14.3 Å². The van der Waals surface area contributed by atoms with Crippen molar-refractivity contribution in [2.75, 3.05) is 6.61 Å². The minimum absolute atomic E-state index is 0.0447. The third-order valence-corrected chi connectivity index (χ3v) is 5.81. The van der Waals surface area contributed by atoms with Crippen molar-refractivity contribution in [2.24, 2.45) is 0 Å². The molecular formula is C23H27Cl3N2O3. The van der Waals surface area contributed by atoms with Gasteiger partial charge in [0.2, 0.25) is 5.91 Å². The fourth-order valence-electron chi connectivity index (χ4n) is 3.07. The maximum Gasteiger partial charge on any atom is 0.261 e. The van der Waals surface area contributed by atoms with Gasteiger partial charge in [-0.05, 0) is 68.7 Å². The van der Waals surface area contributed by atoms with E-state index in [4.69, 9.17) is 39.5 Å². The number of hydrogen-bond acceptors (Lipinski definition) is 3. The lowest BCUT2D eigenvalue weighted by Gasteiger charge is -2.31. The summed E-state index contributed by atoms with van der Waals surface area (Å²) in [4.78, 5) is 27.5. The van der Waals surface area contributed by atoms with E-state index in [9.17, 15) is 9.59 Å². The number of ether oxygens (including phenoxy) is 1. The number of nitrogens with one attached hydrogen (secondary N) is 1. The Bertz CT molecular complexity index is 934. The van der Waals surface area contributed by atoms with E-state index in [1.807, 2.05) is 27.7 Å². The summed E-state index contributed by atoms with van der Waals surface area (Å²) in [6.07, 6.45) is 0.450. The van der Waals surface area contributed by atoms with Crippen LogP contribution in [0.3, 0.4) is 0 Å². The number of rotatable bonds is 9. The molecule has 2 aromatic rings. The van der Waals surface area contributed by atoms with E-state index in [0.29, 0.717) is 27.2 Å². The summed E-state index contributed by atoms with van der Waals surface area (Å²) in [6, 6.07) is 9.64. The van der Waals surface area contributed by atoms with Gasteiger partial charge in [0.05, 0.1) is 10.0 Å². The van der Waals surface area contributed by atoms with E-state index in [1.165, 1.54) is 4.90 Å². The summed E-state index contributed by atoms with van der Waals surface area (Å²) in [5.74, 6) is 0.00194. The van der Waals surface area contributed by atoms with Crippen LogP contribution in [-0.4, -0.2) is 35.4 Å². The van der Waals surface area contributed by atoms with Crippen LogP contribution in [-0.2, 0) is 16.1 Å². The molecule has 0 fully saturated rings. The van der Waals surface area contributed by atoms with E-state index in [2.05, 4.69) is 5.32 Å². The molecule has 0 aliphatic carbocycles. The summed E-state index contributed by atoms with van der Waals surface area (Å²) in [5.41, 5.74) is 1.61. The molecule has 0 aliphatic heterocycles. The number of nitrogens with zero attached hydrogens (tertiary/aromatic N) is 1. The van der Waals surface area contributed by atoms with Gasteiger partial charge in [-0.2, -0.15) is 0 Å². The van der Waals surface area contributed by atoms with Crippen LogP contribution in [0.25, 0.3) is 0 Å². The molecule has 8 heteroatoms. The summed E-state index contributed by atoms with van der Waals surface area (Å²) >= 11 is 18.2. The minimum Gasteiger partial charge on any atom is -0.484 e. The van der Waals surface area contributed by atoms with Gasteiger partial charge in [0.25, 0.3) is 5.91 Å². The Hall–Kier alpha value is -1.95. The molecule has 0 spiro atoms. The molecule has 1 atom stereocenters. The molecular weight excluding hydrogens is 459 g/mol. The van der Waals surface area contributed by atoms with Crippen molar-refractivity contribution in [2.45, 2.75) is 52.7 Å². The Balaban J connectivity index is 2.25. The van der Waals surface area contributed by atoms with Crippen molar-refractivity contribution in [1.82, 2.24) is 10.2 Å². The summed E-state index contributed by atoms with van der Waals surface area (Å²) in [7, 11) is 0. The van der Waals surface area contributed by atoms with Gasteiger partial charge in [0, 0.05) is 17.6 Å². The van der Waals surface area contributed by atoms with E-state index >= 15 is 0 Å². The average molecular weight is 486 g/mol. The highest BCUT2D eigenvalue weighted by Gasteiger charge is 2.29. The van der Waals surface area contributed by atoms with Gasteiger partial charge in [-0.3, -0.25) is 9.59 Å². The predicted molar refractivity (Wildman–Crippen MR) is 126 cm³/mol. The van der Waals surface area contributed by atoms with Gasteiger partial charge < -0.3 is 15.0 Å². The molecule has 0 aliphatic rings. The summed E-state index contributed by atoms with van der Waals surface area (Å²) in [6.45, 7) is 7.46. The van der Waals surface area contributed by atoms with Crippen LogP contribution in [0.5, 0.6) is 5.75 Å². The first-order valence-electron chi connectivity index (χ1n) is 10.0. The average Bonchev–Trinajstić information content (AvgIpc) is 2.70. The zero-order valence-corrected chi connectivity index (χ0v) is 20.3. The molecule has 2 aromatic carbocycles. The monoisotopic (exact) mass is 484 g/mol. The highest BCUT2D eigenvalue weighted by Crippen LogP contribution is 2.25. The van der Waals surface area contributed by atoms with Crippen molar-refractivity contribution in [3.63, 3.8) is 0 Å². The molecule has 31 heavy (non-hydrogen) atoms. The van der Waals surface area contributed by atoms with Crippen molar-refractivity contribution >= 4 is 46.6 Å². The molecule has 0 bridgehead atoms. The smallest absolute Gasteiger partial charge is 0.261 e. The number of carbonyl (C=O) groups excluding carboxylic acids is 2. The molecule has 0 heterocycles. The standard InChI is InChI=1S/C23H27Cl3N2O3/c1-5-21(23(30)27-14(2)3)28(12-16-6-8-19(25)20(26)11-16)22(29)13-31-17-7-9-18(24)15(4)10-17/h6-11,14,21H,5,12-13H2,1-4H3,(H,27,30). The molecule has 0 saturated carbocycles. The SMILES string of the molecule is CCC(C(=O)NC(C)C)N(Cc1ccc(Cl)c(Cl)c1)C(=O)COc1ccc(Cl)c(C)c1. The van der Waals surface area contributed by atoms with Crippen molar-refractivity contribution in [1.29, 1.82) is 0 Å². The molecule has 0 aromatic heterocycles. The second-order valence-corrected chi connectivity index (χ2v) is 8.78. The topological polar surface area (TPSA) is 58.6 Å². The Labute approximate surface area is 198 Å². The summed E-state index contributed by atoms with van der Waals surface area (Å²) < 4.78 is 5.69. The lowest BCUT2D eigenvalue weighted by Crippen LogP contribution is -2.51. The molecule has 2 amide bonds. The van der Waals surface area contributed by atoms with E-state index < -0.39 is 6.04 Å². The lowest BCUT2D eigenvalue weighted by molar-refractivity contribution is -0.143. The third kappa shape index (κ3) is 7.30. The number of carbonyl (C=O) groups is 2. The Morgan fingerprint density at radius 2 is 1.71 bits per heavy atom. The van der Waals surface area contributed by atoms with E-state index in [1.54, 1.807) is 36.4 Å². The fourth-order valence-corrected chi connectivity index (χ4v) is 3.51. The van der Waals surface area contributed by atoms with Crippen molar-refractivity contribution in [3.05, 3.63) is 62.6 Å². The zero-order chi connectivity index (χ0) is 23.1. The zero-order valence-electron chi connectivity index (χ0n) is 18.0. The first-order valence-corrected chi connectivity index (χ1v) is 11.2. The van der Waals surface area contributed by atoms with Crippen LogP contribution in [0, 0.1) is 6.92 Å². The van der Waals surface area contributed by atoms with E-state index in [-0.39, 0.29) is 31.0 Å². The maximum absolute atomic E-state index is 13.2. The highest BCUT2D eigenvalue weighted by atomic mass is 35.5. The second kappa shape index (κ2) is 11.6. The summed E-state index contributed by atoms with van der Waals surface area (Å²) in [5, 5.41) is 4.32. The van der Waals surface area contributed by atoms with Gasteiger partial charge in [0.1, 0.15) is 11.8 Å². The Kier molecular flexibility index (Phi) is 9.48. The van der Waals surface area contributed by atoms with E-state index in [0.717, 1.165) is 11.1 Å². The van der Waals surface area contributed by atoms with Gasteiger partial charge in [-0.25, -0.2) is 0 Å². The van der Waals surface area contributed by atoms with Crippen LogP contribution < -0.4 is 10.1 Å². The highest BCUT2D eigenvalue weighted by molar-refractivity contribution is 6.42. The molecule has 2 rings (SSSR count). The number of benzene rings is 2. The molecule has 0 radical (unpaired) electrons. The van der Waals surface area contributed by atoms with Gasteiger partial charge in [0.15, 0.2) is 6.61 Å². The number of aryl methyl sites for hydroxylation is 1. The normalized spacial score (nSPS) is 11.9. The molecule has 5 nitrogen and oxygen atoms in total. The Morgan fingerprint density at radius 1 is 1.03 bits per heavy atom. The molecule has 1 N–H and O–H groups in total. The number of amides is 2. The first-order chi connectivity index (χ1) is 14.6. The molecule has 168 valence electrons. The quantitative estimate of drug-likeness (QED) is 0.498. The van der Waals surface area contributed by atoms with Crippen LogP contribution in [0.1, 0.15) is 38.3 Å². The van der Waals surface area contributed by atoms with Crippen molar-refractivity contribution in [3.8, 4) is 5.75 Å². The van der Waals surface area contributed by atoms with Crippen LogP contribution in [0.4, 0.5) is 0 Å². The van der Waals surface area contributed by atoms with Gasteiger partial charge >= 0.3 is 0 Å². The third-order valence-electron chi connectivity index (χ3n) is 4.65. The first kappa shape index (κ1) is 25.3. The predicted octanol–water partition coefficient (Wildman–Crippen LogP) is 5.67. The molecule has 0 saturated heterocycles. The van der Waals surface area contributed by atoms with Crippen LogP contribution >= 0.6 is 34.8 Å².